The van der Waals surface area contributed by atoms with Crippen LogP contribution < -0.4 is 5.73 Å². The molecule has 0 bridgehead atoms. The molecule has 0 saturated heterocycles. The molecule has 5 heteroatoms. The maximum atomic E-state index is 11.4. The summed E-state index contributed by atoms with van der Waals surface area (Å²) < 4.78 is 5.08. The molecule has 15 heavy (non-hydrogen) atoms. The summed E-state index contributed by atoms with van der Waals surface area (Å²) in [6.45, 7) is 0.474. The molecule has 1 saturated carbocycles. The average molecular weight is 209 g/mol. The molecule has 82 valence electrons. The zero-order valence-electron chi connectivity index (χ0n) is 8.53. The Morgan fingerprint density at radius 1 is 1.67 bits per heavy atom. The molecule has 2 rings (SSSR count). The van der Waals surface area contributed by atoms with Gasteiger partial charge in [-0.3, -0.25) is 5.10 Å². The second-order valence-electron chi connectivity index (χ2n) is 3.92. The summed E-state index contributed by atoms with van der Waals surface area (Å²) in [5.41, 5.74) is 6.11. The van der Waals surface area contributed by atoms with E-state index in [0.717, 1.165) is 12.3 Å². The number of carbonyl (C=O) groups is 1. The van der Waals surface area contributed by atoms with Crippen LogP contribution in [-0.2, 0) is 4.74 Å². The van der Waals surface area contributed by atoms with Crippen molar-refractivity contribution in [3.05, 3.63) is 11.9 Å². The van der Waals surface area contributed by atoms with E-state index in [0.29, 0.717) is 12.3 Å². The van der Waals surface area contributed by atoms with Gasteiger partial charge in [0.1, 0.15) is 0 Å². The fourth-order valence-electron chi connectivity index (χ4n) is 1.63. The number of aromatic nitrogens is 2. The van der Waals surface area contributed by atoms with Gasteiger partial charge in [0.05, 0.1) is 18.5 Å². The number of nitrogens with two attached hydrogens (primary N) is 1. The molecule has 1 aliphatic rings. The number of nitrogens with one attached hydrogen (secondary N) is 1. The lowest BCUT2D eigenvalue weighted by atomic mass is 9.83. The third-order valence-corrected chi connectivity index (χ3v) is 2.86. The fraction of sp³-hybridized carbons (Fsp3) is 0.600. The molecule has 1 fully saturated rings. The van der Waals surface area contributed by atoms with E-state index < -0.39 is 5.97 Å². The molecule has 1 aliphatic carbocycles. The van der Waals surface area contributed by atoms with E-state index in [1.165, 1.54) is 25.5 Å². The summed E-state index contributed by atoms with van der Waals surface area (Å²) >= 11 is 0. The molecular formula is C10H15N3O2. The first-order valence-corrected chi connectivity index (χ1v) is 5.23. The van der Waals surface area contributed by atoms with Crippen LogP contribution in [0.2, 0.25) is 0 Å². The largest absolute Gasteiger partial charge is 0.461 e. The van der Waals surface area contributed by atoms with Crippen LogP contribution in [0.4, 0.5) is 5.69 Å². The fourth-order valence-corrected chi connectivity index (χ4v) is 1.63. The monoisotopic (exact) mass is 209 g/mol. The highest BCUT2D eigenvalue weighted by atomic mass is 16.5. The lowest BCUT2D eigenvalue weighted by molar-refractivity contribution is 0.0458. The number of carbonyl (C=O) groups excluding carboxylic acids is 1. The van der Waals surface area contributed by atoms with Gasteiger partial charge in [0.15, 0.2) is 5.69 Å². The van der Waals surface area contributed by atoms with Crippen molar-refractivity contribution in [1.29, 1.82) is 0 Å². The minimum Gasteiger partial charge on any atom is -0.461 e. The molecule has 0 aromatic carbocycles. The molecule has 5 nitrogen and oxygen atoms in total. The molecule has 0 amide bonds. The zero-order valence-corrected chi connectivity index (χ0v) is 8.53. The van der Waals surface area contributed by atoms with E-state index in [1.54, 1.807) is 0 Å². The highest BCUT2D eigenvalue weighted by Crippen LogP contribution is 2.29. The van der Waals surface area contributed by atoms with E-state index in [2.05, 4.69) is 10.2 Å². The Hall–Kier alpha value is -1.52. The van der Waals surface area contributed by atoms with Crippen LogP contribution in [0.15, 0.2) is 6.20 Å². The quantitative estimate of drug-likeness (QED) is 0.733. The zero-order chi connectivity index (χ0) is 10.7. The van der Waals surface area contributed by atoms with Crippen molar-refractivity contribution in [1.82, 2.24) is 10.2 Å². The average Bonchev–Trinajstić information content (AvgIpc) is 2.55. The maximum absolute atomic E-state index is 11.4. The van der Waals surface area contributed by atoms with E-state index in [1.807, 2.05) is 0 Å². The number of nitrogens with zero attached hydrogens (tertiary/aromatic N) is 1. The van der Waals surface area contributed by atoms with E-state index in [-0.39, 0.29) is 5.69 Å². The van der Waals surface area contributed by atoms with Gasteiger partial charge in [-0.1, -0.05) is 19.3 Å². The Balaban J connectivity index is 1.74. The van der Waals surface area contributed by atoms with Crippen LogP contribution >= 0.6 is 0 Å². The Bertz CT molecular complexity index is 344. The summed E-state index contributed by atoms with van der Waals surface area (Å²) in [6, 6.07) is 0. The minimum atomic E-state index is -0.413. The Labute approximate surface area is 88.0 Å². The molecule has 1 heterocycles. The Morgan fingerprint density at radius 2 is 2.47 bits per heavy atom. The van der Waals surface area contributed by atoms with Crippen LogP contribution in [0.5, 0.6) is 0 Å². The highest BCUT2D eigenvalue weighted by molar-refractivity contribution is 5.92. The smallest absolute Gasteiger partial charge is 0.358 e. The number of nitrogen functional groups attached to an aromatic ring is 1. The van der Waals surface area contributed by atoms with Gasteiger partial charge in [-0.05, 0) is 12.3 Å². The topological polar surface area (TPSA) is 81.0 Å². The normalized spacial score (nSPS) is 16.0. The van der Waals surface area contributed by atoms with E-state index in [4.69, 9.17) is 10.5 Å². The Kier molecular flexibility index (Phi) is 2.89. The number of hydrogen-bond donors (Lipinski definition) is 2. The summed E-state index contributed by atoms with van der Waals surface area (Å²) in [5, 5.41) is 6.18. The van der Waals surface area contributed by atoms with Crippen molar-refractivity contribution in [3.8, 4) is 0 Å². The predicted octanol–water partition coefficient (Wildman–Crippen LogP) is 1.34. The molecule has 0 aliphatic heterocycles. The van der Waals surface area contributed by atoms with Crippen molar-refractivity contribution in [3.63, 3.8) is 0 Å². The molecule has 0 unspecified atom stereocenters. The van der Waals surface area contributed by atoms with Crippen molar-refractivity contribution >= 4 is 11.7 Å². The van der Waals surface area contributed by atoms with Gasteiger partial charge in [-0.25, -0.2) is 4.79 Å². The number of H-pyrrole nitrogens is 1. The van der Waals surface area contributed by atoms with Gasteiger partial charge >= 0.3 is 5.97 Å². The van der Waals surface area contributed by atoms with Crippen LogP contribution in [0, 0.1) is 5.92 Å². The molecule has 1 aromatic rings. The van der Waals surface area contributed by atoms with Gasteiger partial charge in [0, 0.05) is 0 Å². The first-order chi connectivity index (χ1) is 7.27. The van der Waals surface area contributed by atoms with Crippen molar-refractivity contribution in [2.24, 2.45) is 5.92 Å². The van der Waals surface area contributed by atoms with Crippen LogP contribution in [0.1, 0.15) is 36.2 Å². The number of anilines is 1. The van der Waals surface area contributed by atoms with Crippen molar-refractivity contribution in [2.45, 2.75) is 25.7 Å². The summed E-state index contributed by atoms with van der Waals surface area (Å²) in [7, 11) is 0. The second-order valence-corrected chi connectivity index (χ2v) is 3.92. The SMILES string of the molecule is Nc1cn[nH]c1C(=O)OCCC1CCC1. The van der Waals surface area contributed by atoms with E-state index >= 15 is 0 Å². The summed E-state index contributed by atoms with van der Waals surface area (Å²) in [5.74, 6) is 0.334. The molecule has 1 aromatic heterocycles. The molecule has 0 radical (unpaired) electrons. The van der Waals surface area contributed by atoms with Crippen LogP contribution in [0.3, 0.4) is 0 Å². The van der Waals surface area contributed by atoms with Crippen molar-refractivity contribution < 1.29 is 9.53 Å². The van der Waals surface area contributed by atoms with E-state index in [9.17, 15) is 4.79 Å². The van der Waals surface area contributed by atoms with Gasteiger partial charge in [0.2, 0.25) is 0 Å². The summed E-state index contributed by atoms with van der Waals surface area (Å²) in [4.78, 5) is 11.4. The molecule has 3 N–H and O–H groups in total. The Morgan fingerprint density at radius 3 is 3.00 bits per heavy atom. The minimum absolute atomic E-state index is 0.253. The number of hydrogen-bond acceptors (Lipinski definition) is 4. The number of ether oxygens (including phenoxy) is 1. The molecular weight excluding hydrogens is 194 g/mol. The first kappa shape index (κ1) is 10.0. The molecule has 0 spiro atoms. The summed E-state index contributed by atoms with van der Waals surface area (Å²) in [6.07, 6.45) is 6.21. The van der Waals surface area contributed by atoms with Crippen LogP contribution in [0.25, 0.3) is 0 Å². The van der Waals surface area contributed by atoms with Gasteiger partial charge in [0.25, 0.3) is 0 Å². The number of esters is 1. The van der Waals surface area contributed by atoms with Crippen molar-refractivity contribution in [2.75, 3.05) is 12.3 Å². The molecule has 0 atom stereocenters. The van der Waals surface area contributed by atoms with Gasteiger partial charge in [-0.15, -0.1) is 0 Å². The third kappa shape index (κ3) is 2.29. The standard InChI is InChI=1S/C10H15N3O2/c11-8-6-12-13-9(8)10(14)15-5-4-7-2-1-3-7/h6-7H,1-5,11H2,(H,12,13). The predicted molar refractivity (Wildman–Crippen MR) is 55.2 cm³/mol. The highest BCUT2D eigenvalue weighted by Gasteiger charge is 2.18. The third-order valence-electron chi connectivity index (χ3n) is 2.86. The first-order valence-electron chi connectivity index (χ1n) is 5.23. The maximum Gasteiger partial charge on any atom is 0.358 e. The van der Waals surface area contributed by atoms with Gasteiger partial charge < -0.3 is 10.5 Å². The van der Waals surface area contributed by atoms with Gasteiger partial charge in [-0.2, -0.15) is 5.10 Å². The lowest BCUT2D eigenvalue weighted by Crippen LogP contribution is -2.16. The second kappa shape index (κ2) is 4.33. The van der Waals surface area contributed by atoms with Crippen LogP contribution in [-0.4, -0.2) is 22.8 Å². The number of aromatic amines is 1. The number of rotatable bonds is 4. The lowest BCUT2D eigenvalue weighted by Gasteiger charge is -2.24.